The summed E-state index contributed by atoms with van der Waals surface area (Å²) < 4.78 is 0. The van der Waals surface area contributed by atoms with Crippen molar-refractivity contribution >= 4 is 29.5 Å². The third-order valence-electron chi connectivity index (χ3n) is 4.51. The number of likely N-dealkylation sites (N-methyl/N-ethyl adjacent to an activating group) is 1. The molecule has 10 heteroatoms. The van der Waals surface area contributed by atoms with Crippen molar-refractivity contribution in [3.8, 4) is 0 Å². The Morgan fingerprint density at radius 3 is 2.06 bits per heavy atom. The van der Waals surface area contributed by atoms with Crippen LogP contribution in [0.1, 0.15) is 46.1 Å². The normalized spacial score (nSPS) is 11.0. The number of carbonyl (C=O) groups excluding carboxylic acids is 3. The van der Waals surface area contributed by atoms with E-state index in [0.29, 0.717) is 0 Å². The molecule has 1 aromatic rings. The Labute approximate surface area is 230 Å². The van der Waals surface area contributed by atoms with Gasteiger partial charge in [-0.25, -0.2) is 4.79 Å². The molecule has 0 aliphatic heterocycles. The maximum Gasteiger partial charge on any atom is 0.321 e. The van der Waals surface area contributed by atoms with Gasteiger partial charge in [0.2, 0.25) is 5.91 Å². The second-order valence-electron chi connectivity index (χ2n) is 7.39. The number of carboxylic acids is 1. The molecule has 0 saturated carbocycles. The van der Waals surface area contributed by atoms with Gasteiger partial charge < -0.3 is 32.0 Å². The molecule has 0 aliphatic rings. The smallest absolute Gasteiger partial charge is 0.321 e. The van der Waals surface area contributed by atoms with E-state index >= 15 is 0 Å². The molecule has 1 aromatic carbocycles. The molecule has 0 aliphatic carbocycles. The van der Waals surface area contributed by atoms with Gasteiger partial charge in [0.05, 0.1) is 6.42 Å². The van der Waals surface area contributed by atoms with E-state index in [4.69, 9.17) is 5.11 Å². The molecule has 34 heavy (non-hydrogen) atoms. The number of carboxylic acid groups (broad SMARTS) is 1. The number of nitrogens with one attached hydrogen (secondary N) is 1. The molecule has 0 bridgehead atoms. The first kappa shape index (κ1) is 36.6. The van der Waals surface area contributed by atoms with Gasteiger partial charge in [0.15, 0.2) is 5.91 Å². The van der Waals surface area contributed by atoms with Crippen LogP contribution in [0.2, 0.25) is 0 Å². The van der Waals surface area contributed by atoms with E-state index in [1.807, 2.05) is 39.0 Å². The first-order valence-corrected chi connectivity index (χ1v) is 10.8. The fourth-order valence-electron chi connectivity index (χ4n) is 2.53. The van der Waals surface area contributed by atoms with Crippen LogP contribution in [0, 0.1) is 19.9 Å². The van der Waals surface area contributed by atoms with Gasteiger partial charge in [-0.1, -0.05) is 26.5 Å². The first-order chi connectivity index (χ1) is 15.3. The summed E-state index contributed by atoms with van der Waals surface area (Å²) in [5.41, 5.74) is 1.97. The van der Waals surface area contributed by atoms with E-state index in [9.17, 15) is 19.2 Å². The number of hydrogen-bond donors (Lipinski definition) is 2. The molecule has 1 radical (unpaired) electrons. The maximum absolute atomic E-state index is 11.7. The molecular formula is C24H40N4O5Y-2. The zero-order valence-electron chi connectivity index (χ0n) is 22.0. The summed E-state index contributed by atoms with van der Waals surface area (Å²) in [6.07, 6.45) is -0.0652. The van der Waals surface area contributed by atoms with Gasteiger partial charge in [0.1, 0.15) is 6.04 Å². The molecule has 9 nitrogen and oxygen atoms in total. The molecule has 2 unspecified atom stereocenters. The summed E-state index contributed by atoms with van der Waals surface area (Å²) >= 11 is 0. The zero-order valence-corrected chi connectivity index (χ0v) is 24.8. The van der Waals surface area contributed by atoms with E-state index in [-0.39, 0.29) is 63.4 Å². The Morgan fingerprint density at radius 2 is 1.65 bits per heavy atom. The maximum atomic E-state index is 11.7. The monoisotopic (exact) mass is 553 g/mol. The van der Waals surface area contributed by atoms with Crippen molar-refractivity contribution in [1.82, 2.24) is 15.1 Å². The molecule has 1 rings (SSSR count). The minimum atomic E-state index is -0.979. The number of nitrogens with zero attached hydrogens (tertiary/aromatic N) is 3. The SMILES string of the molecule is CC.Cc1c[c-]ccc1N(C)C(=O)N(C)C.[CH2-]CC(=O)N(C)C(C)C(=O)NC(C)CC(=O)O.[Y]. The van der Waals surface area contributed by atoms with Gasteiger partial charge in [-0.3, -0.25) is 14.4 Å². The van der Waals surface area contributed by atoms with Crippen LogP contribution in [0.25, 0.3) is 0 Å². The van der Waals surface area contributed by atoms with Crippen LogP contribution in [-0.4, -0.2) is 79.0 Å². The first-order valence-electron chi connectivity index (χ1n) is 10.8. The number of benzene rings is 1. The number of hydrogen-bond acceptors (Lipinski definition) is 4. The fraction of sp³-hybridized carbons (Fsp3) is 0.542. The van der Waals surface area contributed by atoms with E-state index in [1.54, 1.807) is 44.8 Å². The third kappa shape index (κ3) is 13.6. The quantitative estimate of drug-likeness (QED) is 0.505. The van der Waals surface area contributed by atoms with Crippen LogP contribution >= 0.6 is 0 Å². The van der Waals surface area contributed by atoms with Gasteiger partial charge in [-0.05, 0) is 13.8 Å². The summed E-state index contributed by atoms with van der Waals surface area (Å²) in [6, 6.07) is 7.40. The molecule has 4 amide bonds. The summed E-state index contributed by atoms with van der Waals surface area (Å²) in [5.74, 6) is -1.59. The van der Waals surface area contributed by atoms with Crippen LogP contribution in [-0.2, 0) is 47.1 Å². The number of aliphatic carboxylic acids is 1. The predicted octanol–water partition coefficient (Wildman–Crippen LogP) is 2.97. The Balaban J connectivity index is -0.000000518. The summed E-state index contributed by atoms with van der Waals surface area (Å²) in [7, 11) is 6.76. The van der Waals surface area contributed by atoms with Crippen molar-refractivity contribution in [2.24, 2.45) is 0 Å². The largest absolute Gasteiger partial charge is 0.481 e. The number of rotatable bonds is 7. The number of aryl methyl sites for hydroxylation is 1. The number of urea groups is 1. The average Bonchev–Trinajstić information content (AvgIpc) is 2.77. The van der Waals surface area contributed by atoms with Crippen LogP contribution in [0.5, 0.6) is 0 Å². The number of carbonyl (C=O) groups is 4. The van der Waals surface area contributed by atoms with Crippen LogP contribution in [0.15, 0.2) is 18.2 Å². The predicted molar refractivity (Wildman–Crippen MR) is 131 cm³/mol. The van der Waals surface area contributed by atoms with Crippen molar-refractivity contribution in [3.63, 3.8) is 0 Å². The van der Waals surface area contributed by atoms with Gasteiger partial charge >= 0.3 is 12.0 Å². The van der Waals surface area contributed by atoms with E-state index < -0.39 is 18.1 Å². The van der Waals surface area contributed by atoms with Crippen LogP contribution < -0.4 is 10.2 Å². The molecule has 191 valence electrons. The van der Waals surface area contributed by atoms with E-state index in [1.165, 1.54) is 11.9 Å². The van der Waals surface area contributed by atoms with Gasteiger partial charge in [0.25, 0.3) is 0 Å². The zero-order chi connectivity index (χ0) is 26.3. The van der Waals surface area contributed by atoms with Crippen LogP contribution in [0.4, 0.5) is 10.5 Å². The van der Waals surface area contributed by atoms with Gasteiger partial charge in [0, 0.05) is 66.9 Å². The van der Waals surface area contributed by atoms with Crippen molar-refractivity contribution in [1.29, 1.82) is 0 Å². The number of amides is 4. The average molecular weight is 554 g/mol. The van der Waals surface area contributed by atoms with Crippen molar-refractivity contribution < 1.29 is 57.0 Å². The summed E-state index contributed by atoms with van der Waals surface area (Å²) in [6.45, 7) is 12.6. The summed E-state index contributed by atoms with van der Waals surface area (Å²) in [4.78, 5) is 49.5. The summed E-state index contributed by atoms with van der Waals surface area (Å²) in [5, 5.41) is 11.1. The van der Waals surface area contributed by atoms with Crippen LogP contribution in [0.3, 0.4) is 0 Å². The minimum Gasteiger partial charge on any atom is -0.481 e. The molecule has 0 aromatic heterocycles. The minimum absolute atomic E-state index is 0. The topological polar surface area (TPSA) is 110 Å². The molecule has 0 heterocycles. The van der Waals surface area contributed by atoms with Gasteiger partial charge in [-0.2, -0.15) is 18.2 Å². The molecular weight excluding hydrogens is 513 g/mol. The van der Waals surface area contributed by atoms with Crippen molar-refractivity contribution in [2.75, 3.05) is 33.1 Å². The standard InChI is InChI=1S/C11H19N2O4.C11H15N2O.C2H6.Y/c1-5-9(14)13(4)8(3)11(17)12-7(2)6-10(15)16;1-9-7-5-6-8-10(9)13(4)11(14)12(2)3;1-2;/h7-8H,1,5-6H2,2-4H3,(H,12,17)(H,15,16);6-8H,1-4H3;1-2H3;/q2*-1;;. The molecule has 2 N–H and O–H groups in total. The van der Waals surface area contributed by atoms with E-state index in [2.05, 4.69) is 18.3 Å². The third-order valence-corrected chi connectivity index (χ3v) is 4.51. The van der Waals surface area contributed by atoms with Crippen molar-refractivity contribution in [2.45, 2.75) is 59.5 Å². The molecule has 0 spiro atoms. The second kappa shape index (κ2) is 19.3. The number of anilines is 1. The van der Waals surface area contributed by atoms with Gasteiger partial charge in [-0.15, -0.1) is 18.1 Å². The Bertz CT molecular complexity index is 773. The van der Waals surface area contributed by atoms with Crippen molar-refractivity contribution in [3.05, 3.63) is 36.8 Å². The molecule has 2 atom stereocenters. The van der Waals surface area contributed by atoms with E-state index in [0.717, 1.165) is 11.3 Å². The molecule has 0 saturated heterocycles. The fourth-order valence-corrected chi connectivity index (χ4v) is 2.53. The molecule has 0 fully saturated rings. The Morgan fingerprint density at radius 1 is 1.12 bits per heavy atom. The second-order valence-corrected chi connectivity index (χ2v) is 7.39. The Hall–Kier alpha value is -2.00. The Kier molecular flexibility index (Phi) is 20.8.